The monoisotopic (exact) mass is 381 g/mol. The van der Waals surface area contributed by atoms with Crippen molar-refractivity contribution in [3.63, 3.8) is 0 Å². The van der Waals surface area contributed by atoms with Crippen molar-refractivity contribution in [2.24, 2.45) is 0 Å². The van der Waals surface area contributed by atoms with Gasteiger partial charge in [0.05, 0.1) is 7.11 Å². The second kappa shape index (κ2) is 8.67. The molecule has 0 aliphatic carbocycles. The minimum Gasteiger partial charge on any atom is -0.496 e. The molecule has 28 heavy (non-hydrogen) atoms. The number of rotatable bonds is 6. The Morgan fingerprint density at radius 2 is 1.64 bits per heavy atom. The van der Waals surface area contributed by atoms with Crippen LogP contribution in [0, 0.1) is 6.92 Å². The van der Waals surface area contributed by atoms with Crippen LogP contribution in [0.25, 0.3) is 0 Å². The summed E-state index contributed by atoms with van der Waals surface area (Å²) in [7, 11) is 1.72. The Labute approximate surface area is 170 Å². The van der Waals surface area contributed by atoms with Crippen molar-refractivity contribution in [2.45, 2.75) is 64.5 Å². The Morgan fingerprint density at radius 1 is 1.00 bits per heavy atom. The van der Waals surface area contributed by atoms with Crippen molar-refractivity contribution in [1.29, 1.82) is 0 Å². The third-order valence-corrected chi connectivity index (χ3v) is 6.37. The first-order chi connectivity index (χ1) is 13.4. The van der Waals surface area contributed by atoms with Crippen LogP contribution >= 0.6 is 0 Å². The van der Waals surface area contributed by atoms with E-state index in [0.717, 1.165) is 41.1 Å². The minimum atomic E-state index is -1.07. The number of methoxy groups -OCH3 is 1. The second-order valence-corrected chi connectivity index (χ2v) is 8.47. The lowest BCUT2D eigenvalue weighted by atomic mass is 9.76. The van der Waals surface area contributed by atoms with Gasteiger partial charge in [0.2, 0.25) is 0 Å². The fourth-order valence-electron chi connectivity index (χ4n) is 4.62. The van der Waals surface area contributed by atoms with Gasteiger partial charge in [0, 0.05) is 6.04 Å². The molecule has 1 heterocycles. The van der Waals surface area contributed by atoms with E-state index in [1.54, 1.807) is 7.11 Å². The highest BCUT2D eigenvalue weighted by atomic mass is 16.5. The highest BCUT2D eigenvalue weighted by Gasteiger charge is 2.42. The largest absolute Gasteiger partial charge is 0.496 e. The van der Waals surface area contributed by atoms with Crippen LogP contribution in [0.1, 0.15) is 68.2 Å². The number of nitrogens with zero attached hydrogens (tertiary/aromatic N) is 1. The molecule has 0 spiro atoms. The molecule has 2 atom stereocenters. The van der Waals surface area contributed by atoms with E-state index < -0.39 is 5.60 Å². The molecular formula is C25H35NO2. The van der Waals surface area contributed by atoms with Crippen LogP contribution < -0.4 is 4.74 Å². The lowest BCUT2D eigenvalue weighted by Gasteiger charge is -2.44. The molecule has 0 aromatic heterocycles. The summed E-state index contributed by atoms with van der Waals surface area (Å²) in [6, 6.07) is 14.4. The Bertz CT molecular complexity index is 781. The van der Waals surface area contributed by atoms with E-state index >= 15 is 0 Å². The average Bonchev–Trinajstić information content (AvgIpc) is 2.73. The van der Waals surface area contributed by atoms with Gasteiger partial charge in [-0.25, -0.2) is 0 Å². The summed E-state index contributed by atoms with van der Waals surface area (Å²) in [6.45, 7) is 10.7. The molecule has 152 valence electrons. The van der Waals surface area contributed by atoms with Crippen molar-refractivity contribution in [1.82, 2.24) is 4.90 Å². The molecule has 0 saturated carbocycles. The van der Waals surface area contributed by atoms with Gasteiger partial charge in [-0.3, -0.25) is 4.90 Å². The zero-order valence-electron chi connectivity index (χ0n) is 18.0. The topological polar surface area (TPSA) is 32.7 Å². The molecule has 0 amide bonds. The summed E-state index contributed by atoms with van der Waals surface area (Å²) in [6.07, 6.45) is 3.69. The van der Waals surface area contributed by atoms with Gasteiger partial charge in [-0.05, 0) is 80.1 Å². The third kappa shape index (κ3) is 3.83. The lowest BCUT2D eigenvalue weighted by molar-refractivity contribution is -0.0200. The van der Waals surface area contributed by atoms with E-state index in [1.807, 2.05) is 18.2 Å². The SMILES string of the molecule is COc1cc(C)c(C(O)(c2ccccc2)C(C)N2CCCCC2)cc1C(C)C. The first-order valence-corrected chi connectivity index (χ1v) is 10.6. The number of likely N-dealkylation sites (tertiary alicyclic amines) is 1. The van der Waals surface area contributed by atoms with Gasteiger partial charge >= 0.3 is 0 Å². The summed E-state index contributed by atoms with van der Waals surface area (Å²) in [5.41, 5.74) is 3.08. The van der Waals surface area contributed by atoms with Crippen LogP contribution in [-0.2, 0) is 5.60 Å². The molecule has 1 fully saturated rings. The predicted octanol–water partition coefficient (Wildman–Crippen LogP) is 5.24. The molecule has 3 rings (SSSR count). The standard InChI is InChI=1S/C25H35NO2/c1-18(2)22-17-23(19(3)16-24(22)28-5)25(27,21-12-8-6-9-13-21)20(4)26-14-10-7-11-15-26/h6,8-9,12-13,16-18,20,27H,7,10-11,14-15H2,1-5H3. The van der Waals surface area contributed by atoms with E-state index in [4.69, 9.17) is 4.74 Å². The summed E-state index contributed by atoms with van der Waals surface area (Å²) in [5.74, 6) is 1.22. The molecule has 1 aliphatic rings. The summed E-state index contributed by atoms with van der Waals surface area (Å²) >= 11 is 0. The van der Waals surface area contributed by atoms with Crippen LogP contribution in [-0.4, -0.2) is 36.2 Å². The molecule has 2 unspecified atom stereocenters. The van der Waals surface area contributed by atoms with Gasteiger partial charge in [0.15, 0.2) is 0 Å². The average molecular weight is 382 g/mol. The van der Waals surface area contributed by atoms with Crippen molar-refractivity contribution in [3.8, 4) is 5.75 Å². The van der Waals surface area contributed by atoms with Gasteiger partial charge in [-0.2, -0.15) is 0 Å². The zero-order chi connectivity index (χ0) is 20.3. The minimum absolute atomic E-state index is 0.0118. The maximum Gasteiger partial charge on any atom is 0.130 e. The summed E-state index contributed by atoms with van der Waals surface area (Å²) in [5, 5.41) is 12.3. The van der Waals surface area contributed by atoms with Crippen LogP contribution in [0.15, 0.2) is 42.5 Å². The number of hydrogen-bond acceptors (Lipinski definition) is 3. The lowest BCUT2D eigenvalue weighted by Crippen LogP contribution is -2.51. The van der Waals surface area contributed by atoms with Gasteiger partial charge in [-0.1, -0.05) is 50.6 Å². The highest BCUT2D eigenvalue weighted by Crippen LogP contribution is 2.41. The van der Waals surface area contributed by atoms with E-state index in [1.165, 1.54) is 19.3 Å². The van der Waals surface area contributed by atoms with Gasteiger partial charge < -0.3 is 9.84 Å². The molecule has 3 heteroatoms. The van der Waals surface area contributed by atoms with Gasteiger partial charge in [0.1, 0.15) is 11.4 Å². The van der Waals surface area contributed by atoms with E-state index in [9.17, 15) is 5.11 Å². The fraction of sp³-hybridized carbons (Fsp3) is 0.520. The van der Waals surface area contributed by atoms with Crippen molar-refractivity contribution in [2.75, 3.05) is 20.2 Å². The number of piperidine rings is 1. The molecule has 3 nitrogen and oxygen atoms in total. The Morgan fingerprint density at radius 3 is 2.21 bits per heavy atom. The Balaban J connectivity index is 2.18. The van der Waals surface area contributed by atoms with Crippen LogP contribution in [0.2, 0.25) is 0 Å². The van der Waals surface area contributed by atoms with Crippen molar-refractivity contribution >= 4 is 0 Å². The molecular weight excluding hydrogens is 346 g/mol. The molecule has 1 aliphatic heterocycles. The quantitative estimate of drug-likeness (QED) is 0.743. The van der Waals surface area contributed by atoms with E-state index in [2.05, 4.69) is 56.9 Å². The van der Waals surface area contributed by atoms with E-state index in [0.29, 0.717) is 5.92 Å². The maximum atomic E-state index is 12.3. The molecule has 0 radical (unpaired) electrons. The first-order valence-electron chi connectivity index (χ1n) is 10.6. The Hall–Kier alpha value is -1.84. The molecule has 2 aromatic rings. The van der Waals surface area contributed by atoms with Crippen molar-refractivity contribution < 1.29 is 9.84 Å². The smallest absolute Gasteiger partial charge is 0.130 e. The number of ether oxygens (including phenoxy) is 1. The first kappa shape index (κ1) is 20.9. The van der Waals surface area contributed by atoms with Gasteiger partial charge in [-0.15, -0.1) is 0 Å². The number of aliphatic hydroxyl groups is 1. The molecule has 1 saturated heterocycles. The summed E-state index contributed by atoms with van der Waals surface area (Å²) in [4.78, 5) is 2.45. The highest BCUT2D eigenvalue weighted by molar-refractivity contribution is 5.50. The van der Waals surface area contributed by atoms with Gasteiger partial charge in [0.25, 0.3) is 0 Å². The second-order valence-electron chi connectivity index (χ2n) is 8.47. The van der Waals surface area contributed by atoms with Crippen LogP contribution in [0.4, 0.5) is 0 Å². The van der Waals surface area contributed by atoms with Crippen LogP contribution in [0.5, 0.6) is 5.75 Å². The number of benzene rings is 2. The van der Waals surface area contributed by atoms with Crippen LogP contribution in [0.3, 0.4) is 0 Å². The summed E-state index contributed by atoms with van der Waals surface area (Å²) < 4.78 is 5.65. The van der Waals surface area contributed by atoms with E-state index in [-0.39, 0.29) is 6.04 Å². The predicted molar refractivity (Wildman–Crippen MR) is 116 cm³/mol. The molecule has 1 N–H and O–H groups in total. The molecule has 2 aromatic carbocycles. The maximum absolute atomic E-state index is 12.3. The number of aryl methyl sites for hydroxylation is 1. The molecule has 0 bridgehead atoms. The fourth-order valence-corrected chi connectivity index (χ4v) is 4.62. The number of hydrogen-bond donors (Lipinski definition) is 1. The Kier molecular flexibility index (Phi) is 6.47. The third-order valence-electron chi connectivity index (χ3n) is 6.37. The van der Waals surface area contributed by atoms with Crippen molar-refractivity contribution in [3.05, 3.63) is 64.7 Å². The zero-order valence-corrected chi connectivity index (χ0v) is 18.0. The normalized spacial score (nSPS) is 18.7.